The van der Waals surface area contributed by atoms with E-state index in [9.17, 15) is 18.7 Å². The number of rotatable bonds is 2. The van der Waals surface area contributed by atoms with Crippen molar-refractivity contribution in [3.8, 4) is 5.75 Å². The van der Waals surface area contributed by atoms with Gasteiger partial charge >= 0.3 is 0 Å². The Morgan fingerprint density at radius 2 is 2.14 bits per heavy atom. The summed E-state index contributed by atoms with van der Waals surface area (Å²) < 4.78 is 25.3. The highest BCUT2D eigenvalue weighted by Gasteiger charge is 2.16. The summed E-state index contributed by atoms with van der Waals surface area (Å²) in [7, 11) is 0. The number of Topliss-reactive ketones (excluding diaryl/α,β-unsaturated/α-hetero) is 1. The minimum Gasteiger partial charge on any atom is -0.506 e. The number of halogens is 3. The number of ketones is 1. The Hall–Kier alpha value is -0.970. The van der Waals surface area contributed by atoms with Crippen molar-refractivity contribution in [1.29, 1.82) is 0 Å². The summed E-state index contributed by atoms with van der Waals surface area (Å²) in [5, 5.41) is 9.35. The smallest absolute Gasteiger partial charge is 0.176 e. The summed E-state index contributed by atoms with van der Waals surface area (Å²) >= 11 is 2.69. The van der Waals surface area contributed by atoms with E-state index in [1.807, 2.05) is 0 Å². The first-order valence-corrected chi connectivity index (χ1v) is 4.57. The average molecular weight is 265 g/mol. The van der Waals surface area contributed by atoms with Gasteiger partial charge in [-0.2, -0.15) is 0 Å². The van der Waals surface area contributed by atoms with Crippen molar-refractivity contribution in [3.63, 3.8) is 0 Å². The first-order valence-electron chi connectivity index (χ1n) is 3.78. The zero-order chi connectivity index (χ0) is 10.9. The van der Waals surface area contributed by atoms with E-state index in [-0.39, 0.29) is 22.2 Å². The van der Waals surface area contributed by atoms with Crippen LogP contribution >= 0.6 is 15.9 Å². The van der Waals surface area contributed by atoms with Crippen molar-refractivity contribution in [2.24, 2.45) is 0 Å². The highest BCUT2D eigenvalue weighted by molar-refractivity contribution is 9.10. The number of phenols is 1. The molecule has 0 saturated carbocycles. The van der Waals surface area contributed by atoms with E-state index in [4.69, 9.17) is 0 Å². The molecule has 0 spiro atoms. The molecule has 0 fully saturated rings. The molecule has 0 aliphatic rings. The van der Waals surface area contributed by atoms with Crippen molar-refractivity contribution in [3.05, 3.63) is 27.7 Å². The minimum atomic E-state index is -1.16. The Bertz CT molecular complexity index is 391. The lowest BCUT2D eigenvalue weighted by atomic mass is 10.1. The Kier molecular flexibility index (Phi) is 3.21. The summed E-state index contributed by atoms with van der Waals surface area (Å²) in [4.78, 5) is 10.7. The summed E-state index contributed by atoms with van der Waals surface area (Å²) in [5.41, 5.74) is 0.0725. The van der Waals surface area contributed by atoms with Crippen LogP contribution in [0.1, 0.15) is 12.5 Å². The number of hydrogen-bond donors (Lipinski definition) is 1. The summed E-state index contributed by atoms with van der Waals surface area (Å²) in [6.07, 6.45) is -0.123. The van der Waals surface area contributed by atoms with Crippen LogP contribution in [-0.4, -0.2) is 10.9 Å². The first-order chi connectivity index (χ1) is 6.43. The monoisotopic (exact) mass is 264 g/mol. The fraction of sp³-hybridized carbons (Fsp3) is 0.222. The second kappa shape index (κ2) is 4.04. The molecule has 1 aromatic carbocycles. The molecule has 2 nitrogen and oxygen atoms in total. The van der Waals surface area contributed by atoms with Gasteiger partial charge in [-0.25, -0.2) is 8.78 Å². The lowest BCUT2D eigenvalue weighted by Crippen LogP contribution is -1.99. The van der Waals surface area contributed by atoms with Gasteiger partial charge in [-0.3, -0.25) is 4.79 Å². The van der Waals surface area contributed by atoms with Crippen LogP contribution in [0.4, 0.5) is 8.78 Å². The van der Waals surface area contributed by atoms with E-state index in [0.717, 1.165) is 6.07 Å². The molecule has 0 aliphatic heterocycles. The molecule has 1 aromatic rings. The number of hydrogen-bond acceptors (Lipinski definition) is 2. The lowest BCUT2D eigenvalue weighted by molar-refractivity contribution is -0.116. The van der Waals surface area contributed by atoms with E-state index >= 15 is 0 Å². The SMILES string of the molecule is CC(=O)Cc1cc(F)c(F)c(Br)c1O. The Morgan fingerprint density at radius 3 is 2.64 bits per heavy atom. The zero-order valence-corrected chi connectivity index (χ0v) is 8.86. The number of aromatic hydroxyl groups is 1. The lowest BCUT2D eigenvalue weighted by Gasteiger charge is -2.06. The molecule has 0 heterocycles. The molecule has 0 radical (unpaired) electrons. The number of carbonyl (C=O) groups is 1. The van der Waals surface area contributed by atoms with Crippen molar-refractivity contribution in [2.45, 2.75) is 13.3 Å². The second-order valence-electron chi connectivity index (χ2n) is 2.87. The molecule has 0 saturated heterocycles. The molecule has 0 aromatic heterocycles. The van der Waals surface area contributed by atoms with Crippen LogP contribution in [0, 0.1) is 11.6 Å². The van der Waals surface area contributed by atoms with Gasteiger partial charge < -0.3 is 5.11 Å². The van der Waals surface area contributed by atoms with E-state index in [1.165, 1.54) is 6.92 Å². The van der Waals surface area contributed by atoms with E-state index in [1.54, 1.807) is 0 Å². The van der Waals surface area contributed by atoms with Gasteiger partial charge in [0.2, 0.25) is 0 Å². The normalized spacial score (nSPS) is 10.3. The topological polar surface area (TPSA) is 37.3 Å². The van der Waals surface area contributed by atoms with Crippen LogP contribution in [0.25, 0.3) is 0 Å². The number of carbonyl (C=O) groups excluding carboxylic acids is 1. The van der Waals surface area contributed by atoms with Crippen LogP contribution in [0.15, 0.2) is 10.5 Å². The fourth-order valence-corrected chi connectivity index (χ4v) is 1.48. The van der Waals surface area contributed by atoms with Gasteiger partial charge in [0.05, 0.1) is 4.47 Å². The van der Waals surface area contributed by atoms with Gasteiger partial charge in [0.15, 0.2) is 11.6 Å². The van der Waals surface area contributed by atoms with Gasteiger partial charge in [-0.15, -0.1) is 0 Å². The molecule has 1 rings (SSSR count). The number of benzene rings is 1. The molecule has 0 unspecified atom stereocenters. The van der Waals surface area contributed by atoms with Crippen LogP contribution in [0.3, 0.4) is 0 Å². The minimum absolute atomic E-state index is 0.0725. The molecule has 5 heteroatoms. The summed E-state index contributed by atoms with van der Waals surface area (Å²) in [6, 6.07) is 0.816. The third-order valence-electron chi connectivity index (χ3n) is 1.65. The van der Waals surface area contributed by atoms with Gasteiger partial charge in [-0.05, 0) is 28.9 Å². The van der Waals surface area contributed by atoms with Crippen LogP contribution in [0.2, 0.25) is 0 Å². The predicted octanol–water partition coefficient (Wildman–Crippen LogP) is 2.56. The molecule has 76 valence electrons. The standard InChI is InChI=1S/C9H7BrF2O2/c1-4(13)2-5-3-6(11)8(12)7(10)9(5)14/h3,14H,2H2,1H3. The van der Waals surface area contributed by atoms with Crippen molar-refractivity contribution in [1.82, 2.24) is 0 Å². The summed E-state index contributed by atoms with van der Waals surface area (Å²) in [6.45, 7) is 1.30. The van der Waals surface area contributed by atoms with Crippen LogP contribution in [-0.2, 0) is 11.2 Å². The van der Waals surface area contributed by atoms with Gasteiger partial charge in [0, 0.05) is 12.0 Å². The Morgan fingerprint density at radius 1 is 1.57 bits per heavy atom. The molecule has 1 N–H and O–H groups in total. The van der Waals surface area contributed by atoms with Crippen molar-refractivity contribution >= 4 is 21.7 Å². The Labute approximate surface area is 87.7 Å². The predicted molar refractivity (Wildman–Crippen MR) is 50.1 cm³/mol. The van der Waals surface area contributed by atoms with E-state index in [0.29, 0.717) is 0 Å². The third kappa shape index (κ3) is 2.09. The quantitative estimate of drug-likeness (QED) is 0.834. The largest absolute Gasteiger partial charge is 0.506 e. The second-order valence-corrected chi connectivity index (χ2v) is 3.67. The maximum Gasteiger partial charge on any atom is 0.176 e. The molecule has 14 heavy (non-hydrogen) atoms. The fourth-order valence-electron chi connectivity index (χ4n) is 1.04. The molecule has 0 amide bonds. The van der Waals surface area contributed by atoms with Crippen LogP contribution in [0.5, 0.6) is 5.75 Å². The molecule has 0 atom stereocenters. The molecular formula is C9H7BrF2O2. The van der Waals surface area contributed by atoms with E-state index < -0.39 is 17.4 Å². The third-order valence-corrected chi connectivity index (χ3v) is 2.38. The highest BCUT2D eigenvalue weighted by Crippen LogP contribution is 2.32. The Balaban J connectivity index is 3.25. The van der Waals surface area contributed by atoms with E-state index in [2.05, 4.69) is 15.9 Å². The molecule has 0 bridgehead atoms. The van der Waals surface area contributed by atoms with Gasteiger partial charge in [0.25, 0.3) is 0 Å². The van der Waals surface area contributed by atoms with Gasteiger partial charge in [0.1, 0.15) is 11.5 Å². The molecule has 0 aliphatic carbocycles. The van der Waals surface area contributed by atoms with Gasteiger partial charge in [-0.1, -0.05) is 0 Å². The summed E-state index contributed by atoms with van der Waals surface area (Å²) in [5.74, 6) is -2.92. The molecular weight excluding hydrogens is 258 g/mol. The van der Waals surface area contributed by atoms with Crippen LogP contribution < -0.4 is 0 Å². The zero-order valence-electron chi connectivity index (χ0n) is 7.27. The maximum atomic E-state index is 12.8. The van der Waals surface area contributed by atoms with Crippen molar-refractivity contribution in [2.75, 3.05) is 0 Å². The first kappa shape index (κ1) is 11.1. The average Bonchev–Trinajstić information content (AvgIpc) is 2.10. The number of phenolic OH excluding ortho intramolecular Hbond substituents is 1. The van der Waals surface area contributed by atoms with Crippen molar-refractivity contribution < 1.29 is 18.7 Å². The maximum absolute atomic E-state index is 12.8. The highest BCUT2D eigenvalue weighted by atomic mass is 79.9.